The van der Waals surface area contributed by atoms with Gasteiger partial charge in [-0.1, -0.05) is 29.8 Å². The predicted octanol–water partition coefficient (Wildman–Crippen LogP) is 1.43. The fraction of sp³-hybridized carbons (Fsp3) is 0.400. The van der Waals surface area contributed by atoms with Gasteiger partial charge in [-0.05, 0) is 12.5 Å². The van der Waals surface area contributed by atoms with Gasteiger partial charge < -0.3 is 9.84 Å². The van der Waals surface area contributed by atoms with Crippen molar-refractivity contribution in [1.82, 2.24) is 0 Å². The van der Waals surface area contributed by atoms with Crippen LogP contribution in [0.2, 0.25) is 0 Å². The number of ether oxygens (including phenoxy) is 1. The van der Waals surface area contributed by atoms with Crippen molar-refractivity contribution < 1.29 is 9.84 Å². The molecule has 0 radical (unpaired) electrons. The SMILES string of the molecule is Cc1cccc([C@H]2O[C@@H]2CO)c1. The van der Waals surface area contributed by atoms with Gasteiger partial charge in [-0.15, -0.1) is 0 Å². The van der Waals surface area contributed by atoms with Crippen LogP contribution in [0.5, 0.6) is 0 Å². The summed E-state index contributed by atoms with van der Waals surface area (Å²) in [4.78, 5) is 0. The van der Waals surface area contributed by atoms with Crippen LogP contribution in [-0.2, 0) is 4.74 Å². The van der Waals surface area contributed by atoms with Crippen LogP contribution in [0, 0.1) is 6.92 Å². The molecule has 1 N–H and O–H groups in total. The zero-order valence-electron chi connectivity index (χ0n) is 7.03. The van der Waals surface area contributed by atoms with E-state index in [9.17, 15) is 0 Å². The normalized spacial score (nSPS) is 27.2. The molecule has 1 saturated heterocycles. The van der Waals surface area contributed by atoms with Crippen LogP contribution in [0.15, 0.2) is 24.3 Å². The third kappa shape index (κ3) is 1.36. The van der Waals surface area contributed by atoms with Crippen LogP contribution in [0.4, 0.5) is 0 Å². The summed E-state index contributed by atoms with van der Waals surface area (Å²) in [7, 11) is 0. The van der Waals surface area contributed by atoms with Crippen molar-refractivity contribution in [3.8, 4) is 0 Å². The summed E-state index contributed by atoms with van der Waals surface area (Å²) in [6, 6.07) is 8.20. The lowest BCUT2D eigenvalue weighted by Gasteiger charge is -1.96. The topological polar surface area (TPSA) is 32.8 Å². The number of epoxide rings is 1. The lowest BCUT2D eigenvalue weighted by molar-refractivity contribution is 0.242. The first kappa shape index (κ1) is 7.77. The number of aliphatic hydroxyl groups excluding tert-OH is 1. The molecule has 0 unspecified atom stereocenters. The predicted molar refractivity (Wildman–Crippen MR) is 45.9 cm³/mol. The van der Waals surface area contributed by atoms with Crippen LogP contribution >= 0.6 is 0 Å². The third-order valence-corrected chi connectivity index (χ3v) is 2.13. The second-order valence-corrected chi connectivity index (χ2v) is 3.19. The molecule has 2 nitrogen and oxygen atoms in total. The van der Waals surface area contributed by atoms with E-state index in [4.69, 9.17) is 9.84 Å². The molecule has 1 aromatic rings. The van der Waals surface area contributed by atoms with Crippen molar-refractivity contribution >= 4 is 0 Å². The molecule has 0 amide bonds. The number of benzene rings is 1. The molecule has 0 aliphatic carbocycles. The molecule has 1 aromatic carbocycles. The van der Waals surface area contributed by atoms with Crippen LogP contribution < -0.4 is 0 Å². The Kier molecular flexibility index (Phi) is 1.87. The molecular formula is C10H12O2. The summed E-state index contributed by atoms with van der Waals surface area (Å²) in [5.74, 6) is 0. The molecule has 1 fully saturated rings. The van der Waals surface area contributed by atoms with E-state index in [0.29, 0.717) is 0 Å². The first-order valence-corrected chi connectivity index (χ1v) is 4.14. The fourth-order valence-electron chi connectivity index (χ4n) is 1.42. The molecular weight excluding hydrogens is 152 g/mol. The lowest BCUT2D eigenvalue weighted by atomic mass is 10.1. The molecule has 1 aliphatic rings. The maximum absolute atomic E-state index is 8.78. The van der Waals surface area contributed by atoms with Crippen molar-refractivity contribution in [2.45, 2.75) is 19.1 Å². The van der Waals surface area contributed by atoms with Gasteiger partial charge in [-0.2, -0.15) is 0 Å². The van der Waals surface area contributed by atoms with Gasteiger partial charge in [0.25, 0.3) is 0 Å². The molecule has 64 valence electrons. The Bertz CT molecular complexity index is 283. The molecule has 2 atom stereocenters. The van der Waals surface area contributed by atoms with Gasteiger partial charge in [0.15, 0.2) is 0 Å². The van der Waals surface area contributed by atoms with Crippen molar-refractivity contribution in [1.29, 1.82) is 0 Å². The van der Waals surface area contributed by atoms with E-state index in [2.05, 4.69) is 19.1 Å². The highest BCUT2D eigenvalue weighted by Crippen LogP contribution is 2.38. The van der Waals surface area contributed by atoms with Crippen LogP contribution in [-0.4, -0.2) is 17.8 Å². The highest BCUT2D eigenvalue weighted by Gasteiger charge is 2.39. The minimum Gasteiger partial charge on any atom is -0.394 e. The van der Waals surface area contributed by atoms with Gasteiger partial charge in [0.2, 0.25) is 0 Å². The van der Waals surface area contributed by atoms with E-state index in [-0.39, 0.29) is 18.8 Å². The minimum absolute atomic E-state index is 0.0341. The highest BCUT2D eigenvalue weighted by molar-refractivity contribution is 5.27. The number of hydrogen-bond donors (Lipinski definition) is 1. The van der Waals surface area contributed by atoms with Gasteiger partial charge in [0.1, 0.15) is 12.2 Å². The van der Waals surface area contributed by atoms with Gasteiger partial charge in [0.05, 0.1) is 6.61 Å². The second-order valence-electron chi connectivity index (χ2n) is 3.19. The average molecular weight is 164 g/mol. The van der Waals surface area contributed by atoms with E-state index < -0.39 is 0 Å². The average Bonchev–Trinajstić information content (AvgIpc) is 2.83. The zero-order valence-corrected chi connectivity index (χ0v) is 7.03. The third-order valence-electron chi connectivity index (χ3n) is 2.13. The molecule has 12 heavy (non-hydrogen) atoms. The van der Waals surface area contributed by atoms with Crippen molar-refractivity contribution in [2.75, 3.05) is 6.61 Å². The van der Waals surface area contributed by atoms with Crippen molar-refractivity contribution in [3.05, 3.63) is 35.4 Å². The van der Waals surface area contributed by atoms with Crippen LogP contribution in [0.1, 0.15) is 17.2 Å². The Morgan fingerprint density at radius 1 is 1.50 bits per heavy atom. The van der Waals surface area contributed by atoms with E-state index in [1.165, 1.54) is 11.1 Å². The Labute approximate surface area is 71.8 Å². The number of hydrogen-bond acceptors (Lipinski definition) is 2. The first-order valence-electron chi connectivity index (χ1n) is 4.14. The lowest BCUT2D eigenvalue weighted by Crippen LogP contribution is -1.94. The Hall–Kier alpha value is -0.860. The second kappa shape index (κ2) is 2.88. The van der Waals surface area contributed by atoms with Crippen molar-refractivity contribution in [2.24, 2.45) is 0 Å². The summed E-state index contributed by atoms with van der Waals surface area (Å²) < 4.78 is 5.26. The van der Waals surface area contributed by atoms with Gasteiger partial charge in [-0.25, -0.2) is 0 Å². The van der Waals surface area contributed by atoms with Gasteiger partial charge in [0, 0.05) is 0 Å². The number of rotatable bonds is 2. The van der Waals surface area contributed by atoms with E-state index >= 15 is 0 Å². The molecule has 1 aliphatic heterocycles. The molecule has 0 saturated carbocycles. The molecule has 2 rings (SSSR count). The monoisotopic (exact) mass is 164 g/mol. The summed E-state index contributed by atoms with van der Waals surface area (Å²) in [6.45, 7) is 2.18. The number of aliphatic hydroxyl groups is 1. The summed E-state index contributed by atoms with van der Waals surface area (Å²) in [5.41, 5.74) is 2.41. The van der Waals surface area contributed by atoms with E-state index in [1.807, 2.05) is 12.1 Å². The van der Waals surface area contributed by atoms with Crippen molar-refractivity contribution in [3.63, 3.8) is 0 Å². The Morgan fingerprint density at radius 3 is 2.92 bits per heavy atom. The van der Waals surface area contributed by atoms with Crippen LogP contribution in [0.25, 0.3) is 0 Å². The Morgan fingerprint density at radius 2 is 2.33 bits per heavy atom. The largest absolute Gasteiger partial charge is 0.394 e. The summed E-state index contributed by atoms with van der Waals surface area (Å²) in [6.07, 6.45) is 0.168. The zero-order chi connectivity index (χ0) is 8.55. The molecule has 0 bridgehead atoms. The quantitative estimate of drug-likeness (QED) is 0.671. The highest BCUT2D eigenvalue weighted by atomic mass is 16.6. The smallest absolute Gasteiger partial charge is 0.112 e. The minimum atomic E-state index is 0.0341. The van der Waals surface area contributed by atoms with Gasteiger partial charge in [-0.3, -0.25) is 0 Å². The molecule has 0 spiro atoms. The van der Waals surface area contributed by atoms with Crippen LogP contribution in [0.3, 0.4) is 0 Å². The molecule has 2 heteroatoms. The standard InChI is InChI=1S/C10H12O2/c1-7-3-2-4-8(5-7)10-9(6-11)12-10/h2-5,9-11H,6H2,1H3/t9-,10-/m1/s1. The van der Waals surface area contributed by atoms with Gasteiger partial charge >= 0.3 is 0 Å². The van der Waals surface area contributed by atoms with E-state index in [1.54, 1.807) is 0 Å². The maximum Gasteiger partial charge on any atom is 0.112 e. The number of aryl methyl sites for hydroxylation is 1. The summed E-state index contributed by atoms with van der Waals surface area (Å²) >= 11 is 0. The molecule has 0 aromatic heterocycles. The summed E-state index contributed by atoms with van der Waals surface area (Å²) in [5, 5.41) is 8.78. The fourth-order valence-corrected chi connectivity index (χ4v) is 1.42. The maximum atomic E-state index is 8.78. The molecule has 1 heterocycles. The van der Waals surface area contributed by atoms with E-state index in [0.717, 1.165) is 0 Å². The Balaban J connectivity index is 2.14. The first-order chi connectivity index (χ1) is 5.81.